The van der Waals surface area contributed by atoms with Crippen molar-refractivity contribution in [1.29, 1.82) is 0 Å². The monoisotopic (exact) mass is 425 g/mol. The fourth-order valence-electron chi connectivity index (χ4n) is 3.66. The molecule has 7 heteroatoms. The van der Waals surface area contributed by atoms with Crippen LogP contribution in [0.1, 0.15) is 60.5 Å². The molecule has 1 fully saturated rings. The first-order valence-corrected chi connectivity index (χ1v) is 12.4. The lowest BCUT2D eigenvalue weighted by atomic mass is 10.2. The molecule has 1 unspecified atom stereocenters. The van der Waals surface area contributed by atoms with E-state index in [1.165, 1.54) is 6.92 Å². The molecule has 3 rings (SSSR count). The summed E-state index contributed by atoms with van der Waals surface area (Å²) in [6.07, 6.45) is 1.78. The molecule has 2 aliphatic heterocycles. The molecular formula is C22H39N3O3S. The predicted molar refractivity (Wildman–Crippen MR) is 121 cm³/mol. The van der Waals surface area contributed by atoms with Gasteiger partial charge in [0, 0.05) is 51.4 Å². The highest BCUT2D eigenvalue weighted by atomic mass is 32.2. The van der Waals surface area contributed by atoms with Crippen molar-refractivity contribution in [2.45, 2.75) is 72.2 Å². The zero-order valence-electron chi connectivity index (χ0n) is 19.2. The van der Waals surface area contributed by atoms with Gasteiger partial charge < -0.3 is 4.90 Å². The van der Waals surface area contributed by atoms with Crippen molar-refractivity contribution >= 4 is 21.6 Å². The van der Waals surface area contributed by atoms with E-state index in [2.05, 4.69) is 18.7 Å². The average molecular weight is 426 g/mol. The van der Waals surface area contributed by atoms with Gasteiger partial charge in [0.1, 0.15) is 0 Å². The summed E-state index contributed by atoms with van der Waals surface area (Å²) in [5, 5.41) is 0. The molecule has 0 radical (unpaired) electrons. The van der Waals surface area contributed by atoms with Gasteiger partial charge in [-0.2, -0.15) is 4.31 Å². The second kappa shape index (κ2) is 11.7. The van der Waals surface area contributed by atoms with E-state index in [1.54, 1.807) is 27.4 Å². The number of sulfonamides is 1. The third-order valence-corrected chi connectivity index (χ3v) is 7.35. The summed E-state index contributed by atoms with van der Waals surface area (Å²) in [7, 11) is -3.47. The van der Waals surface area contributed by atoms with Gasteiger partial charge in [-0.3, -0.25) is 9.69 Å². The van der Waals surface area contributed by atoms with Gasteiger partial charge in [-0.1, -0.05) is 34.6 Å². The van der Waals surface area contributed by atoms with Crippen LogP contribution >= 0.6 is 0 Å². The van der Waals surface area contributed by atoms with Crippen molar-refractivity contribution < 1.29 is 13.2 Å². The van der Waals surface area contributed by atoms with Gasteiger partial charge in [0.15, 0.2) is 0 Å². The number of rotatable bonds is 4. The van der Waals surface area contributed by atoms with Gasteiger partial charge in [0.25, 0.3) is 0 Å². The van der Waals surface area contributed by atoms with E-state index in [0.29, 0.717) is 37.0 Å². The highest BCUT2D eigenvalue weighted by Gasteiger charge is 2.31. The van der Waals surface area contributed by atoms with E-state index < -0.39 is 10.0 Å². The molecule has 2 heterocycles. The number of fused-ring (bicyclic) bond motifs is 1. The number of carbonyl (C=O) groups is 1. The molecule has 1 amide bonds. The molecule has 0 saturated carbocycles. The molecule has 29 heavy (non-hydrogen) atoms. The van der Waals surface area contributed by atoms with E-state index in [9.17, 15) is 13.2 Å². The number of carbonyl (C=O) groups excluding carboxylic acids is 1. The molecular weight excluding hydrogens is 386 g/mol. The lowest BCUT2D eigenvalue weighted by Crippen LogP contribution is -2.51. The number of piperazine rings is 1. The van der Waals surface area contributed by atoms with E-state index in [0.717, 1.165) is 30.8 Å². The van der Waals surface area contributed by atoms with Crippen molar-refractivity contribution in [2.75, 3.05) is 37.6 Å². The Morgan fingerprint density at radius 3 is 2.14 bits per heavy atom. The summed E-state index contributed by atoms with van der Waals surface area (Å²) in [5.74, 6) is -0.00415. The van der Waals surface area contributed by atoms with Gasteiger partial charge in [-0.15, -0.1) is 0 Å². The summed E-state index contributed by atoms with van der Waals surface area (Å²) in [6, 6.07) is 5.64. The number of hydrogen-bond acceptors (Lipinski definition) is 4. The number of benzene rings is 1. The van der Waals surface area contributed by atoms with E-state index >= 15 is 0 Å². The number of hydrogen-bond donors (Lipinski definition) is 0. The minimum absolute atomic E-state index is 0.00415. The lowest BCUT2D eigenvalue weighted by molar-refractivity contribution is -0.116. The van der Waals surface area contributed by atoms with Crippen molar-refractivity contribution in [3.8, 4) is 0 Å². The summed E-state index contributed by atoms with van der Waals surface area (Å²) < 4.78 is 27.5. The Balaban J connectivity index is 0.000000989. The van der Waals surface area contributed by atoms with Gasteiger partial charge in [-0.05, 0) is 43.5 Å². The SMILES string of the molecule is CC.CC.CCC(C)N1CCN(S(=O)(=O)c2ccc3c(c2)CCN3C(C)=O)CC1. The van der Waals surface area contributed by atoms with Crippen LogP contribution in [-0.4, -0.2) is 62.3 Å². The highest BCUT2D eigenvalue weighted by Crippen LogP contribution is 2.31. The Kier molecular flexibility index (Phi) is 10.3. The van der Waals surface area contributed by atoms with Crippen molar-refractivity contribution in [2.24, 2.45) is 0 Å². The maximum Gasteiger partial charge on any atom is 0.243 e. The predicted octanol–water partition coefficient (Wildman–Crippen LogP) is 3.75. The quantitative estimate of drug-likeness (QED) is 0.737. The first kappa shape index (κ1) is 25.6. The second-order valence-electron chi connectivity index (χ2n) is 6.91. The topological polar surface area (TPSA) is 60.9 Å². The van der Waals surface area contributed by atoms with Gasteiger partial charge in [-0.25, -0.2) is 8.42 Å². The van der Waals surface area contributed by atoms with Crippen LogP contribution in [0.2, 0.25) is 0 Å². The first-order valence-electron chi connectivity index (χ1n) is 11.0. The Morgan fingerprint density at radius 1 is 1.03 bits per heavy atom. The molecule has 2 aliphatic rings. The lowest BCUT2D eigenvalue weighted by Gasteiger charge is -2.37. The fourth-order valence-corrected chi connectivity index (χ4v) is 5.13. The fraction of sp³-hybridized carbons (Fsp3) is 0.682. The maximum absolute atomic E-state index is 13.0. The summed E-state index contributed by atoms with van der Waals surface area (Å²) in [5.41, 5.74) is 1.78. The molecule has 1 aromatic rings. The van der Waals surface area contributed by atoms with Crippen LogP contribution < -0.4 is 4.90 Å². The zero-order chi connectivity index (χ0) is 22.2. The van der Waals surface area contributed by atoms with Gasteiger partial charge >= 0.3 is 0 Å². The van der Waals surface area contributed by atoms with Gasteiger partial charge in [0.05, 0.1) is 4.90 Å². The zero-order valence-corrected chi connectivity index (χ0v) is 20.1. The van der Waals surface area contributed by atoms with Gasteiger partial charge in [0.2, 0.25) is 15.9 Å². The summed E-state index contributed by atoms with van der Waals surface area (Å²) in [6.45, 7) is 17.1. The molecule has 1 aromatic carbocycles. The summed E-state index contributed by atoms with van der Waals surface area (Å²) in [4.78, 5) is 16.0. The third-order valence-electron chi connectivity index (χ3n) is 5.45. The molecule has 0 N–H and O–H groups in total. The minimum Gasteiger partial charge on any atom is -0.312 e. The first-order chi connectivity index (χ1) is 13.8. The van der Waals surface area contributed by atoms with Crippen molar-refractivity contribution in [3.63, 3.8) is 0 Å². The average Bonchev–Trinajstić information content (AvgIpc) is 3.20. The third kappa shape index (κ3) is 5.80. The van der Waals surface area contributed by atoms with Crippen LogP contribution in [0.4, 0.5) is 5.69 Å². The molecule has 1 saturated heterocycles. The molecule has 6 nitrogen and oxygen atoms in total. The van der Waals surface area contributed by atoms with Crippen LogP contribution in [0.5, 0.6) is 0 Å². The number of anilines is 1. The Bertz CT molecular complexity index is 757. The van der Waals surface area contributed by atoms with E-state index in [4.69, 9.17) is 0 Å². The number of amides is 1. The van der Waals surface area contributed by atoms with Crippen LogP contribution in [-0.2, 0) is 21.2 Å². The smallest absolute Gasteiger partial charge is 0.243 e. The normalized spacial score (nSPS) is 18.1. The Hall–Kier alpha value is -1.44. The molecule has 0 bridgehead atoms. The second-order valence-corrected chi connectivity index (χ2v) is 8.85. The van der Waals surface area contributed by atoms with Crippen LogP contribution in [0.25, 0.3) is 0 Å². The van der Waals surface area contributed by atoms with Crippen LogP contribution in [0, 0.1) is 0 Å². The minimum atomic E-state index is -3.47. The largest absolute Gasteiger partial charge is 0.312 e. The molecule has 0 spiro atoms. The van der Waals surface area contributed by atoms with Crippen LogP contribution in [0.3, 0.4) is 0 Å². The molecule has 0 aromatic heterocycles. The Morgan fingerprint density at radius 2 is 1.62 bits per heavy atom. The Labute approximate surface area is 177 Å². The van der Waals surface area contributed by atoms with E-state index in [1.807, 2.05) is 27.7 Å². The molecule has 1 atom stereocenters. The van der Waals surface area contributed by atoms with Crippen molar-refractivity contribution in [3.05, 3.63) is 23.8 Å². The number of nitrogens with zero attached hydrogens (tertiary/aromatic N) is 3. The molecule has 166 valence electrons. The van der Waals surface area contributed by atoms with Crippen molar-refractivity contribution in [1.82, 2.24) is 9.21 Å². The molecule has 0 aliphatic carbocycles. The standard InChI is InChI=1S/C18H27N3O3S.2C2H6/c1-4-14(2)19-9-11-20(12-10-19)25(23,24)17-5-6-18-16(13-17)7-8-21(18)15(3)22;2*1-2/h5-6,13-14H,4,7-12H2,1-3H3;2*1-2H3. The van der Waals surface area contributed by atoms with Crippen LogP contribution in [0.15, 0.2) is 23.1 Å². The van der Waals surface area contributed by atoms with E-state index in [-0.39, 0.29) is 5.91 Å². The summed E-state index contributed by atoms with van der Waals surface area (Å²) >= 11 is 0. The highest BCUT2D eigenvalue weighted by molar-refractivity contribution is 7.89. The maximum atomic E-state index is 13.0.